The quantitative estimate of drug-likeness (QED) is 0.722. The van der Waals surface area contributed by atoms with Crippen molar-refractivity contribution in [3.05, 3.63) is 11.1 Å². The fraction of sp³-hybridized carbons (Fsp3) is 0.556. The molecule has 3 nitrogen and oxygen atoms in total. The SMILES string of the molecule is C#CCC(CC)NCc1csnn1. The zero-order chi connectivity index (χ0) is 9.52. The van der Waals surface area contributed by atoms with E-state index in [1.165, 1.54) is 11.5 Å². The van der Waals surface area contributed by atoms with Crippen molar-refractivity contribution in [1.29, 1.82) is 0 Å². The maximum Gasteiger partial charge on any atom is 0.0893 e. The van der Waals surface area contributed by atoms with Crippen molar-refractivity contribution in [3.63, 3.8) is 0 Å². The molecule has 0 amide bonds. The summed E-state index contributed by atoms with van der Waals surface area (Å²) in [6.07, 6.45) is 7.05. The Hall–Kier alpha value is -0.920. The lowest BCUT2D eigenvalue weighted by Gasteiger charge is -2.12. The molecule has 13 heavy (non-hydrogen) atoms. The van der Waals surface area contributed by atoms with Crippen LogP contribution < -0.4 is 5.32 Å². The maximum atomic E-state index is 5.24. The van der Waals surface area contributed by atoms with E-state index in [9.17, 15) is 0 Å². The van der Waals surface area contributed by atoms with Crippen LogP contribution in [0.15, 0.2) is 5.38 Å². The minimum Gasteiger partial charge on any atom is -0.307 e. The van der Waals surface area contributed by atoms with Gasteiger partial charge in [0.25, 0.3) is 0 Å². The van der Waals surface area contributed by atoms with E-state index in [-0.39, 0.29) is 0 Å². The van der Waals surface area contributed by atoms with Crippen LogP contribution in [-0.2, 0) is 6.54 Å². The first-order valence-electron chi connectivity index (χ1n) is 4.29. The van der Waals surface area contributed by atoms with Crippen LogP contribution >= 0.6 is 11.5 Å². The summed E-state index contributed by atoms with van der Waals surface area (Å²) < 4.78 is 3.78. The maximum absolute atomic E-state index is 5.24. The van der Waals surface area contributed by atoms with Crippen molar-refractivity contribution in [3.8, 4) is 12.3 Å². The van der Waals surface area contributed by atoms with Gasteiger partial charge < -0.3 is 5.32 Å². The molecule has 70 valence electrons. The highest BCUT2D eigenvalue weighted by atomic mass is 32.1. The average molecular weight is 195 g/mol. The van der Waals surface area contributed by atoms with Crippen molar-refractivity contribution >= 4 is 11.5 Å². The molecule has 4 heteroatoms. The molecule has 1 aromatic heterocycles. The molecule has 0 saturated carbocycles. The molecular weight excluding hydrogens is 182 g/mol. The Labute approximate surface area is 82.7 Å². The standard InChI is InChI=1S/C9H13N3S/c1-3-5-8(4-2)10-6-9-7-13-12-11-9/h1,7-8,10H,4-6H2,2H3. The predicted molar refractivity (Wildman–Crippen MR) is 54.3 cm³/mol. The smallest absolute Gasteiger partial charge is 0.0893 e. The number of rotatable bonds is 5. The van der Waals surface area contributed by atoms with E-state index in [0.717, 1.165) is 25.1 Å². The molecule has 0 spiro atoms. The number of hydrogen-bond acceptors (Lipinski definition) is 4. The van der Waals surface area contributed by atoms with Gasteiger partial charge in [-0.15, -0.1) is 17.4 Å². The van der Waals surface area contributed by atoms with E-state index < -0.39 is 0 Å². The number of aromatic nitrogens is 2. The van der Waals surface area contributed by atoms with Gasteiger partial charge in [-0.1, -0.05) is 11.4 Å². The Morgan fingerprint density at radius 1 is 1.77 bits per heavy atom. The lowest BCUT2D eigenvalue weighted by Crippen LogP contribution is -2.27. The minimum absolute atomic E-state index is 0.395. The van der Waals surface area contributed by atoms with Gasteiger partial charge in [0, 0.05) is 24.4 Å². The largest absolute Gasteiger partial charge is 0.307 e. The number of hydrogen-bond donors (Lipinski definition) is 1. The van der Waals surface area contributed by atoms with Gasteiger partial charge in [0.15, 0.2) is 0 Å². The zero-order valence-electron chi connectivity index (χ0n) is 7.66. The third-order valence-electron chi connectivity index (χ3n) is 1.83. The first-order chi connectivity index (χ1) is 6.36. The van der Waals surface area contributed by atoms with E-state index in [0.29, 0.717) is 6.04 Å². The second kappa shape index (κ2) is 5.68. The fourth-order valence-corrected chi connectivity index (χ4v) is 1.46. The van der Waals surface area contributed by atoms with Crippen LogP contribution in [0, 0.1) is 12.3 Å². The van der Waals surface area contributed by atoms with Crippen LogP contribution in [0.1, 0.15) is 25.5 Å². The summed E-state index contributed by atoms with van der Waals surface area (Å²) >= 11 is 1.37. The Morgan fingerprint density at radius 3 is 3.15 bits per heavy atom. The molecule has 0 aliphatic heterocycles. The molecule has 1 heterocycles. The summed E-state index contributed by atoms with van der Waals surface area (Å²) in [5.74, 6) is 2.65. The number of nitrogens with one attached hydrogen (secondary N) is 1. The monoisotopic (exact) mass is 195 g/mol. The van der Waals surface area contributed by atoms with Crippen molar-refractivity contribution in [2.45, 2.75) is 32.4 Å². The topological polar surface area (TPSA) is 37.8 Å². The fourth-order valence-electron chi connectivity index (χ4n) is 1.01. The molecule has 1 rings (SSSR count). The summed E-state index contributed by atoms with van der Waals surface area (Å²) in [7, 11) is 0. The van der Waals surface area contributed by atoms with E-state index in [1.54, 1.807) is 0 Å². The second-order valence-corrected chi connectivity index (χ2v) is 3.40. The first-order valence-corrected chi connectivity index (χ1v) is 5.13. The molecule has 0 aliphatic carbocycles. The first kappa shape index (κ1) is 10.2. The summed E-state index contributed by atoms with van der Waals surface area (Å²) in [4.78, 5) is 0. The van der Waals surface area contributed by atoms with Crippen LogP contribution in [0.25, 0.3) is 0 Å². The van der Waals surface area contributed by atoms with E-state index in [4.69, 9.17) is 6.42 Å². The Balaban J connectivity index is 2.28. The van der Waals surface area contributed by atoms with Crippen molar-refractivity contribution in [1.82, 2.24) is 14.9 Å². The molecule has 0 saturated heterocycles. The second-order valence-electron chi connectivity index (χ2n) is 2.79. The third-order valence-corrected chi connectivity index (χ3v) is 2.39. The predicted octanol–water partition coefficient (Wildman–Crippen LogP) is 1.43. The summed E-state index contributed by atoms with van der Waals surface area (Å²) in [6, 6.07) is 0.395. The van der Waals surface area contributed by atoms with Gasteiger partial charge in [-0.2, -0.15) is 0 Å². The Morgan fingerprint density at radius 2 is 2.62 bits per heavy atom. The van der Waals surface area contributed by atoms with Crippen LogP contribution in [0.4, 0.5) is 0 Å². The van der Waals surface area contributed by atoms with Crippen LogP contribution in [0.3, 0.4) is 0 Å². The molecule has 0 bridgehead atoms. The number of nitrogens with zero attached hydrogens (tertiary/aromatic N) is 2. The van der Waals surface area contributed by atoms with E-state index in [2.05, 4.69) is 27.7 Å². The molecule has 0 radical (unpaired) electrons. The zero-order valence-corrected chi connectivity index (χ0v) is 8.47. The lowest BCUT2D eigenvalue weighted by atomic mass is 10.1. The summed E-state index contributed by atoms with van der Waals surface area (Å²) in [5.41, 5.74) is 0.987. The highest BCUT2D eigenvalue weighted by molar-refractivity contribution is 7.03. The molecule has 1 N–H and O–H groups in total. The van der Waals surface area contributed by atoms with Gasteiger partial charge in [0.2, 0.25) is 0 Å². The van der Waals surface area contributed by atoms with Crippen molar-refractivity contribution in [2.24, 2.45) is 0 Å². The molecule has 0 aromatic carbocycles. The van der Waals surface area contributed by atoms with Gasteiger partial charge in [0.05, 0.1) is 5.69 Å². The third kappa shape index (κ3) is 3.53. The highest BCUT2D eigenvalue weighted by Crippen LogP contribution is 2.00. The van der Waals surface area contributed by atoms with Crippen LogP contribution in [-0.4, -0.2) is 15.6 Å². The van der Waals surface area contributed by atoms with Crippen molar-refractivity contribution in [2.75, 3.05) is 0 Å². The van der Waals surface area contributed by atoms with Crippen molar-refractivity contribution < 1.29 is 0 Å². The lowest BCUT2D eigenvalue weighted by molar-refractivity contribution is 0.502. The van der Waals surface area contributed by atoms with E-state index >= 15 is 0 Å². The van der Waals surface area contributed by atoms with Gasteiger partial charge in [-0.25, -0.2) is 0 Å². The molecule has 1 aromatic rings. The van der Waals surface area contributed by atoms with Gasteiger partial charge in [0.1, 0.15) is 0 Å². The molecule has 0 fully saturated rings. The Kier molecular flexibility index (Phi) is 4.44. The normalized spacial score (nSPS) is 12.3. The van der Waals surface area contributed by atoms with Gasteiger partial charge in [-0.3, -0.25) is 0 Å². The van der Waals surface area contributed by atoms with Gasteiger partial charge >= 0.3 is 0 Å². The molecule has 0 aliphatic rings. The van der Waals surface area contributed by atoms with Gasteiger partial charge in [-0.05, 0) is 18.0 Å². The van der Waals surface area contributed by atoms with Crippen LogP contribution in [0.2, 0.25) is 0 Å². The highest BCUT2D eigenvalue weighted by Gasteiger charge is 2.04. The molecular formula is C9H13N3S. The average Bonchev–Trinajstić information content (AvgIpc) is 2.64. The Bertz CT molecular complexity index is 263. The van der Waals surface area contributed by atoms with Crippen LogP contribution in [0.5, 0.6) is 0 Å². The molecule has 1 atom stereocenters. The minimum atomic E-state index is 0.395. The van der Waals surface area contributed by atoms with E-state index in [1.807, 2.05) is 5.38 Å². The molecule has 1 unspecified atom stereocenters. The number of terminal acetylenes is 1. The summed E-state index contributed by atoms with van der Waals surface area (Å²) in [6.45, 7) is 2.88. The summed E-state index contributed by atoms with van der Waals surface area (Å²) in [5, 5.41) is 9.21.